The van der Waals surface area contributed by atoms with Gasteiger partial charge < -0.3 is 10.1 Å². The van der Waals surface area contributed by atoms with E-state index in [9.17, 15) is 0 Å². The Bertz CT molecular complexity index is 499. The first-order chi connectivity index (χ1) is 9.90. The van der Waals surface area contributed by atoms with Gasteiger partial charge in [0.1, 0.15) is 5.75 Å². The van der Waals surface area contributed by atoms with Crippen LogP contribution in [0.5, 0.6) is 5.75 Å². The molecule has 106 valence electrons. The van der Waals surface area contributed by atoms with E-state index in [4.69, 9.17) is 4.74 Å². The Morgan fingerprint density at radius 2 is 2.00 bits per heavy atom. The fourth-order valence-corrected chi connectivity index (χ4v) is 1.96. The summed E-state index contributed by atoms with van der Waals surface area (Å²) >= 11 is 0. The lowest BCUT2D eigenvalue weighted by molar-refractivity contribution is 0.305. The van der Waals surface area contributed by atoms with E-state index in [0.717, 1.165) is 38.3 Å². The summed E-state index contributed by atoms with van der Waals surface area (Å²) in [4.78, 5) is 4.11. The van der Waals surface area contributed by atoms with Crippen molar-refractivity contribution in [2.75, 3.05) is 6.61 Å². The molecular formula is C17H22N2O. The molecule has 20 heavy (non-hydrogen) atoms. The number of nitrogens with one attached hydrogen (secondary N) is 1. The fourth-order valence-electron chi connectivity index (χ4n) is 1.96. The van der Waals surface area contributed by atoms with Gasteiger partial charge in [-0.2, -0.15) is 0 Å². The van der Waals surface area contributed by atoms with E-state index in [2.05, 4.69) is 29.4 Å². The third-order valence-electron chi connectivity index (χ3n) is 3.10. The molecule has 0 saturated heterocycles. The summed E-state index contributed by atoms with van der Waals surface area (Å²) in [5.41, 5.74) is 2.39. The van der Waals surface area contributed by atoms with E-state index in [1.165, 1.54) is 11.1 Å². The van der Waals surface area contributed by atoms with Crippen LogP contribution in [-0.2, 0) is 13.1 Å². The maximum atomic E-state index is 5.83. The molecule has 3 nitrogen and oxygen atoms in total. The number of benzene rings is 1. The summed E-state index contributed by atoms with van der Waals surface area (Å²) in [6.07, 6.45) is 5.93. The first kappa shape index (κ1) is 14.5. The number of ether oxygens (including phenoxy) is 1. The highest BCUT2D eigenvalue weighted by Crippen LogP contribution is 2.18. The van der Waals surface area contributed by atoms with Crippen LogP contribution in [0.2, 0.25) is 0 Å². The van der Waals surface area contributed by atoms with Crippen LogP contribution in [0.25, 0.3) is 0 Å². The Kier molecular flexibility index (Phi) is 6.06. The lowest BCUT2D eigenvalue weighted by atomic mass is 10.2. The Labute approximate surface area is 121 Å². The molecule has 0 atom stereocenters. The summed E-state index contributed by atoms with van der Waals surface area (Å²) < 4.78 is 5.83. The van der Waals surface area contributed by atoms with Gasteiger partial charge in [0.05, 0.1) is 6.61 Å². The minimum Gasteiger partial charge on any atom is -0.493 e. The molecule has 0 radical (unpaired) electrons. The van der Waals surface area contributed by atoms with E-state index in [0.29, 0.717) is 0 Å². The molecule has 0 saturated carbocycles. The number of pyridine rings is 1. The average Bonchev–Trinajstić information content (AvgIpc) is 2.50. The number of rotatable bonds is 8. The van der Waals surface area contributed by atoms with E-state index < -0.39 is 0 Å². The van der Waals surface area contributed by atoms with Crippen molar-refractivity contribution in [1.29, 1.82) is 0 Å². The zero-order valence-corrected chi connectivity index (χ0v) is 12.0. The van der Waals surface area contributed by atoms with E-state index in [1.807, 2.05) is 30.5 Å². The fraction of sp³-hybridized carbons (Fsp3) is 0.353. The molecule has 1 N–H and O–H groups in total. The number of nitrogens with zero attached hydrogens (tertiary/aromatic N) is 1. The summed E-state index contributed by atoms with van der Waals surface area (Å²) in [6.45, 7) is 4.58. The van der Waals surface area contributed by atoms with Crippen LogP contribution in [0.3, 0.4) is 0 Å². The van der Waals surface area contributed by atoms with Gasteiger partial charge in [-0.25, -0.2) is 0 Å². The van der Waals surface area contributed by atoms with E-state index in [-0.39, 0.29) is 0 Å². The quantitative estimate of drug-likeness (QED) is 0.745. The standard InChI is InChI=1S/C17H22N2O/c1-2-3-11-20-17-9-5-4-8-16(17)14-19-13-15-7-6-10-18-12-15/h4-10,12,19H,2-3,11,13-14H2,1H3. The van der Waals surface area contributed by atoms with E-state index in [1.54, 1.807) is 6.20 Å². The van der Waals surface area contributed by atoms with Crippen LogP contribution in [0, 0.1) is 0 Å². The van der Waals surface area contributed by atoms with Gasteiger partial charge in [-0.15, -0.1) is 0 Å². The molecule has 0 spiro atoms. The molecule has 1 aromatic carbocycles. The number of unbranched alkanes of at least 4 members (excludes halogenated alkanes) is 1. The normalized spacial score (nSPS) is 10.4. The van der Waals surface area contributed by atoms with Crippen LogP contribution in [0.15, 0.2) is 48.8 Å². The highest BCUT2D eigenvalue weighted by atomic mass is 16.5. The van der Waals surface area contributed by atoms with Crippen molar-refractivity contribution in [2.45, 2.75) is 32.9 Å². The largest absolute Gasteiger partial charge is 0.493 e. The molecule has 3 heteroatoms. The highest BCUT2D eigenvalue weighted by molar-refractivity contribution is 5.33. The SMILES string of the molecule is CCCCOc1ccccc1CNCc1cccnc1. The van der Waals surface area contributed by atoms with Gasteiger partial charge in [-0.1, -0.05) is 37.6 Å². The average molecular weight is 270 g/mol. The third kappa shape index (κ3) is 4.67. The third-order valence-corrected chi connectivity index (χ3v) is 3.10. The van der Waals surface area contributed by atoms with Gasteiger partial charge in [0, 0.05) is 31.0 Å². The predicted molar refractivity (Wildman–Crippen MR) is 81.6 cm³/mol. The molecule has 0 bridgehead atoms. The molecule has 2 rings (SSSR count). The topological polar surface area (TPSA) is 34.1 Å². The minimum absolute atomic E-state index is 0.788. The summed E-state index contributed by atoms with van der Waals surface area (Å²) in [7, 11) is 0. The van der Waals surface area contributed by atoms with Crippen molar-refractivity contribution in [2.24, 2.45) is 0 Å². The monoisotopic (exact) mass is 270 g/mol. The Morgan fingerprint density at radius 1 is 1.10 bits per heavy atom. The smallest absolute Gasteiger partial charge is 0.123 e. The number of hydrogen-bond acceptors (Lipinski definition) is 3. The lowest BCUT2D eigenvalue weighted by Gasteiger charge is -2.12. The summed E-state index contributed by atoms with van der Waals surface area (Å²) in [5.74, 6) is 0.986. The van der Waals surface area contributed by atoms with Gasteiger partial charge in [-0.3, -0.25) is 4.98 Å². The first-order valence-electron chi connectivity index (χ1n) is 7.20. The van der Waals surface area contributed by atoms with Gasteiger partial charge in [0.2, 0.25) is 0 Å². The summed E-state index contributed by atoms with van der Waals surface area (Å²) in [6, 6.07) is 12.2. The molecule has 0 unspecified atom stereocenters. The number of para-hydroxylation sites is 1. The second-order valence-corrected chi connectivity index (χ2v) is 4.77. The van der Waals surface area contributed by atoms with Crippen LogP contribution in [-0.4, -0.2) is 11.6 Å². The van der Waals surface area contributed by atoms with Gasteiger partial charge in [0.15, 0.2) is 0 Å². The molecule has 2 aromatic rings. The summed E-state index contributed by atoms with van der Waals surface area (Å²) in [5, 5.41) is 3.43. The van der Waals surface area contributed by atoms with Crippen LogP contribution < -0.4 is 10.1 Å². The molecule has 0 aliphatic heterocycles. The van der Waals surface area contributed by atoms with Crippen molar-refractivity contribution >= 4 is 0 Å². The van der Waals surface area contributed by atoms with Gasteiger partial charge in [-0.05, 0) is 24.1 Å². The second kappa shape index (κ2) is 8.33. The maximum absolute atomic E-state index is 5.83. The van der Waals surface area contributed by atoms with Crippen molar-refractivity contribution < 1.29 is 4.74 Å². The van der Waals surface area contributed by atoms with Crippen molar-refractivity contribution in [3.63, 3.8) is 0 Å². The first-order valence-corrected chi connectivity index (χ1v) is 7.20. The zero-order valence-electron chi connectivity index (χ0n) is 12.0. The zero-order chi connectivity index (χ0) is 14.0. The molecular weight excluding hydrogens is 248 g/mol. The van der Waals surface area contributed by atoms with E-state index >= 15 is 0 Å². The number of hydrogen-bond donors (Lipinski definition) is 1. The Balaban J connectivity index is 1.85. The highest BCUT2D eigenvalue weighted by Gasteiger charge is 2.02. The number of aromatic nitrogens is 1. The predicted octanol–water partition coefficient (Wildman–Crippen LogP) is 3.55. The second-order valence-electron chi connectivity index (χ2n) is 4.77. The minimum atomic E-state index is 0.788. The molecule has 1 heterocycles. The van der Waals surface area contributed by atoms with Crippen molar-refractivity contribution in [1.82, 2.24) is 10.3 Å². The Hall–Kier alpha value is -1.87. The van der Waals surface area contributed by atoms with Crippen LogP contribution in [0.4, 0.5) is 0 Å². The van der Waals surface area contributed by atoms with Crippen LogP contribution >= 0.6 is 0 Å². The molecule has 0 aliphatic carbocycles. The Morgan fingerprint density at radius 3 is 2.80 bits per heavy atom. The maximum Gasteiger partial charge on any atom is 0.123 e. The molecule has 0 aliphatic rings. The van der Waals surface area contributed by atoms with Gasteiger partial charge in [0.25, 0.3) is 0 Å². The lowest BCUT2D eigenvalue weighted by Crippen LogP contribution is -2.13. The van der Waals surface area contributed by atoms with Crippen molar-refractivity contribution in [3.05, 3.63) is 59.9 Å². The van der Waals surface area contributed by atoms with Crippen LogP contribution in [0.1, 0.15) is 30.9 Å². The molecule has 1 aromatic heterocycles. The van der Waals surface area contributed by atoms with Gasteiger partial charge >= 0.3 is 0 Å². The molecule has 0 amide bonds. The van der Waals surface area contributed by atoms with Crippen molar-refractivity contribution in [3.8, 4) is 5.75 Å². The molecule has 0 fully saturated rings.